The Morgan fingerprint density at radius 3 is 2.87 bits per heavy atom. The molecule has 0 saturated heterocycles. The van der Waals surface area contributed by atoms with Crippen molar-refractivity contribution in [3.63, 3.8) is 0 Å². The molecule has 0 amide bonds. The highest BCUT2D eigenvalue weighted by atomic mass is 16.5. The number of carbonyl (C=O) groups excluding carboxylic acids is 1. The van der Waals surface area contributed by atoms with Crippen LogP contribution in [0.5, 0.6) is 5.75 Å². The van der Waals surface area contributed by atoms with Crippen molar-refractivity contribution in [1.82, 2.24) is 4.57 Å². The lowest BCUT2D eigenvalue weighted by Gasteiger charge is -2.03. The summed E-state index contributed by atoms with van der Waals surface area (Å²) in [6, 6.07) is 4.90. The number of aromatic hydroxyl groups is 1. The predicted molar refractivity (Wildman–Crippen MR) is 55.9 cm³/mol. The number of phenolic OH excluding ortho intramolecular Hbond substituents is 1. The third-order valence-corrected chi connectivity index (χ3v) is 2.40. The zero-order valence-electron chi connectivity index (χ0n) is 8.52. The van der Waals surface area contributed by atoms with Crippen molar-refractivity contribution in [2.24, 2.45) is 7.05 Å². The number of phenols is 1. The fourth-order valence-electron chi connectivity index (χ4n) is 1.59. The van der Waals surface area contributed by atoms with E-state index in [2.05, 4.69) is 4.74 Å². The molecular formula is C11H11NO3. The number of aryl methyl sites for hydroxylation is 1. The van der Waals surface area contributed by atoms with Crippen molar-refractivity contribution in [3.05, 3.63) is 30.0 Å². The first kappa shape index (κ1) is 9.58. The third kappa shape index (κ3) is 1.44. The van der Waals surface area contributed by atoms with Gasteiger partial charge in [0.2, 0.25) is 0 Å². The van der Waals surface area contributed by atoms with Gasteiger partial charge in [-0.25, -0.2) is 4.79 Å². The first-order valence-corrected chi connectivity index (χ1v) is 4.50. The van der Waals surface area contributed by atoms with E-state index in [0.29, 0.717) is 5.56 Å². The first-order valence-electron chi connectivity index (χ1n) is 4.50. The Hall–Kier alpha value is -1.97. The zero-order chi connectivity index (χ0) is 11.0. The van der Waals surface area contributed by atoms with Gasteiger partial charge < -0.3 is 14.4 Å². The summed E-state index contributed by atoms with van der Waals surface area (Å²) in [5, 5.41) is 10.4. The maximum Gasteiger partial charge on any atom is 0.338 e. The number of benzene rings is 1. The number of nitrogens with zero attached hydrogens (tertiary/aromatic N) is 1. The van der Waals surface area contributed by atoms with Gasteiger partial charge in [0.25, 0.3) is 0 Å². The van der Waals surface area contributed by atoms with Crippen LogP contribution in [0.25, 0.3) is 10.9 Å². The fraction of sp³-hybridized carbons (Fsp3) is 0.182. The van der Waals surface area contributed by atoms with Gasteiger partial charge in [-0.1, -0.05) is 0 Å². The number of ether oxygens (including phenoxy) is 1. The quantitative estimate of drug-likeness (QED) is 0.720. The number of methoxy groups -OCH3 is 1. The number of carbonyl (C=O) groups is 1. The molecule has 0 aliphatic carbocycles. The van der Waals surface area contributed by atoms with Crippen LogP contribution in [-0.2, 0) is 11.8 Å². The minimum absolute atomic E-state index is 0.0912. The number of fused-ring (bicyclic) bond motifs is 1. The van der Waals surface area contributed by atoms with E-state index >= 15 is 0 Å². The van der Waals surface area contributed by atoms with Crippen LogP contribution in [0.3, 0.4) is 0 Å². The van der Waals surface area contributed by atoms with E-state index in [9.17, 15) is 9.90 Å². The van der Waals surface area contributed by atoms with E-state index in [4.69, 9.17) is 0 Å². The number of aromatic nitrogens is 1. The molecule has 0 radical (unpaired) electrons. The highest BCUT2D eigenvalue weighted by Crippen LogP contribution is 2.27. The summed E-state index contributed by atoms with van der Waals surface area (Å²) < 4.78 is 6.43. The van der Waals surface area contributed by atoms with Crippen molar-refractivity contribution in [2.75, 3.05) is 7.11 Å². The molecule has 0 unspecified atom stereocenters. The Bertz CT molecular complexity index is 528. The van der Waals surface area contributed by atoms with Crippen molar-refractivity contribution in [1.29, 1.82) is 0 Å². The van der Waals surface area contributed by atoms with Gasteiger partial charge in [-0.3, -0.25) is 0 Å². The van der Waals surface area contributed by atoms with E-state index in [0.717, 1.165) is 10.9 Å². The SMILES string of the molecule is COC(=O)c1cc(O)c2ccn(C)c2c1. The molecule has 0 atom stereocenters. The van der Waals surface area contributed by atoms with E-state index in [1.165, 1.54) is 13.2 Å². The third-order valence-electron chi connectivity index (χ3n) is 2.40. The molecule has 4 nitrogen and oxygen atoms in total. The summed E-state index contributed by atoms with van der Waals surface area (Å²) >= 11 is 0. The van der Waals surface area contributed by atoms with E-state index in [1.807, 2.05) is 17.8 Å². The van der Waals surface area contributed by atoms with Gasteiger partial charge in [-0.15, -0.1) is 0 Å². The van der Waals surface area contributed by atoms with E-state index < -0.39 is 5.97 Å². The summed E-state index contributed by atoms with van der Waals surface area (Å²) in [5.41, 5.74) is 1.15. The van der Waals surface area contributed by atoms with Gasteiger partial charge in [-0.05, 0) is 18.2 Å². The molecule has 0 aliphatic rings. The number of hydrogen-bond donors (Lipinski definition) is 1. The van der Waals surface area contributed by atoms with Crippen molar-refractivity contribution >= 4 is 16.9 Å². The highest BCUT2D eigenvalue weighted by Gasteiger charge is 2.11. The molecule has 1 N–H and O–H groups in total. The number of rotatable bonds is 1. The molecule has 1 aromatic heterocycles. The number of hydrogen-bond acceptors (Lipinski definition) is 3. The van der Waals surface area contributed by atoms with Crippen LogP contribution in [0, 0.1) is 0 Å². The molecule has 0 aliphatic heterocycles. The maximum atomic E-state index is 11.3. The second kappa shape index (κ2) is 3.31. The van der Waals surface area contributed by atoms with Crippen molar-refractivity contribution in [3.8, 4) is 5.75 Å². The Balaban J connectivity index is 2.70. The maximum absolute atomic E-state index is 11.3. The summed E-state index contributed by atoms with van der Waals surface area (Å²) in [4.78, 5) is 11.3. The lowest BCUT2D eigenvalue weighted by atomic mass is 10.1. The largest absolute Gasteiger partial charge is 0.507 e. The van der Waals surface area contributed by atoms with Crippen molar-refractivity contribution < 1.29 is 14.6 Å². The topological polar surface area (TPSA) is 51.5 Å². The Kier molecular flexibility index (Phi) is 2.11. The van der Waals surface area contributed by atoms with Gasteiger partial charge >= 0.3 is 5.97 Å². The van der Waals surface area contributed by atoms with Gasteiger partial charge in [-0.2, -0.15) is 0 Å². The molecule has 0 spiro atoms. The lowest BCUT2D eigenvalue weighted by molar-refractivity contribution is 0.0600. The second-order valence-corrected chi connectivity index (χ2v) is 3.35. The van der Waals surface area contributed by atoms with Crippen molar-refractivity contribution in [2.45, 2.75) is 0 Å². The summed E-state index contributed by atoms with van der Waals surface area (Å²) in [6.07, 6.45) is 1.82. The Morgan fingerprint density at radius 2 is 2.20 bits per heavy atom. The molecule has 15 heavy (non-hydrogen) atoms. The molecule has 1 aromatic carbocycles. The molecule has 4 heteroatoms. The molecule has 1 heterocycles. The van der Waals surface area contributed by atoms with Gasteiger partial charge in [0.1, 0.15) is 5.75 Å². The first-order chi connectivity index (χ1) is 7.13. The Labute approximate surface area is 86.7 Å². The monoisotopic (exact) mass is 205 g/mol. The van der Waals surface area contributed by atoms with Crippen LogP contribution < -0.4 is 0 Å². The highest BCUT2D eigenvalue weighted by molar-refractivity contribution is 5.97. The molecular weight excluding hydrogens is 194 g/mol. The molecule has 0 fully saturated rings. The average molecular weight is 205 g/mol. The molecule has 78 valence electrons. The van der Waals surface area contributed by atoms with Gasteiger partial charge in [0.05, 0.1) is 18.2 Å². The standard InChI is InChI=1S/C11H11NO3/c1-12-4-3-8-9(12)5-7(6-10(8)13)11(14)15-2/h3-6,13H,1-2H3. The lowest BCUT2D eigenvalue weighted by Crippen LogP contribution is -2.01. The van der Waals surface area contributed by atoms with Crippen LogP contribution >= 0.6 is 0 Å². The van der Waals surface area contributed by atoms with E-state index in [1.54, 1.807) is 12.1 Å². The minimum Gasteiger partial charge on any atom is -0.507 e. The second-order valence-electron chi connectivity index (χ2n) is 3.35. The van der Waals surface area contributed by atoms with E-state index in [-0.39, 0.29) is 5.75 Å². The van der Waals surface area contributed by atoms with Gasteiger partial charge in [0, 0.05) is 18.6 Å². The smallest absolute Gasteiger partial charge is 0.338 e. The minimum atomic E-state index is -0.451. The van der Waals surface area contributed by atoms with Crippen LogP contribution in [-0.4, -0.2) is 22.8 Å². The van der Waals surface area contributed by atoms with Crippen LogP contribution in [0.1, 0.15) is 10.4 Å². The predicted octanol–water partition coefficient (Wildman–Crippen LogP) is 1.67. The van der Waals surface area contributed by atoms with Crippen LogP contribution in [0.2, 0.25) is 0 Å². The summed E-state index contributed by atoms with van der Waals surface area (Å²) in [7, 11) is 3.16. The normalized spacial score (nSPS) is 10.5. The van der Waals surface area contributed by atoms with Crippen LogP contribution in [0.4, 0.5) is 0 Å². The Morgan fingerprint density at radius 1 is 1.47 bits per heavy atom. The summed E-state index contributed by atoms with van der Waals surface area (Å²) in [6.45, 7) is 0. The fourth-order valence-corrected chi connectivity index (χ4v) is 1.59. The molecule has 0 bridgehead atoms. The zero-order valence-corrected chi connectivity index (χ0v) is 8.52. The molecule has 2 aromatic rings. The molecule has 0 saturated carbocycles. The average Bonchev–Trinajstić information content (AvgIpc) is 2.60. The molecule has 2 rings (SSSR count). The number of esters is 1. The van der Waals surface area contributed by atoms with Crippen LogP contribution in [0.15, 0.2) is 24.4 Å². The summed E-state index contributed by atoms with van der Waals surface area (Å²) in [5.74, 6) is -0.359. The van der Waals surface area contributed by atoms with Gasteiger partial charge in [0.15, 0.2) is 0 Å².